The molecule has 8 nitrogen and oxygen atoms in total. The first-order valence-electron chi connectivity index (χ1n) is 8.28. The SMILES string of the molecule is COc1ccc(S(=O)(=O)Nc2sc3c(c2-c2nc(C)no2)CCOC3)cc1Cl. The zero-order chi connectivity index (χ0) is 19.9. The van der Waals surface area contributed by atoms with Crippen LogP contribution >= 0.6 is 22.9 Å². The van der Waals surface area contributed by atoms with Crippen LogP contribution in [0.5, 0.6) is 5.75 Å². The molecule has 0 bridgehead atoms. The molecule has 1 aromatic carbocycles. The predicted octanol–water partition coefficient (Wildman–Crippen LogP) is 3.64. The minimum absolute atomic E-state index is 0.0218. The molecule has 0 unspecified atom stereocenters. The topological polar surface area (TPSA) is 104 Å². The minimum Gasteiger partial charge on any atom is -0.495 e. The number of rotatable bonds is 5. The molecule has 2 aromatic heterocycles. The van der Waals surface area contributed by atoms with E-state index in [0.29, 0.717) is 41.8 Å². The summed E-state index contributed by atoms with van der Waals surface area (Å²) in [6.07, 6.45) is 0.638. The van der Waals surface area contributed by atoms with Crippen LogP contribution in [0.4, 0.5) is 5.00 Å². The molecule has 0 amide bonds. The van der Waals surface area contributed by atoms with E-state index in [4.69, 9.17) is 25.6 Å². The average molecular weight is 442 g/mol. The van der Waals surface area contributed by atoms with E-state index in [1.807, 2.05) is 0 Å². The van der Waals surface area contributed by atoms with Gasteiger partial charge >= 0.3 is 0 Å². The van der Waals surface area contributed by atoms with Gasteiger partial charge in [0.15, 0.2) is 5.82 Å². The van der Waals surface area contributed by atoms with Gasteiger partial charge < -0.3 is 14.0 Å². The maximum absolute atomic E-state index is 13.0. The third kappa shape index (κ3) is 3.48. The molecular weight excluding hydrogens is 426 g/mol. The number of ether oxygens (including phenoxy) is 2. The van der Waals surface area contributed by atoms with Gasteiger partial charge in [-0.2, -0.15) is 4.98 Å². The molecule has 28 heavy (non-hydrogen) atoms. The smallest absolute Gasteiger partial charge is 0.262 e. The fraction of sp³-hybridized carbons (Fsp3) is 0.294. The minimum atomic E-state index is -3.89. The van der Waals surface area contributed by atoms with Crippen molar-refractivity contribution in [2.24, 2.45) is 0 Å². The number of nitrogens with one attached hydrogen (secondary N) is 1. The highest BCUT2D eigenvalue weighted by Gasteiger charge is 2.28. The van der Waals surface area contributed by atoms with Crippen molar-refractivity contribution < 1.29 is 22.4 Å². The molecule has 0 saturated carbocycles. The Hall–Kier alpha value is -2.14. The van der Waals surface area contributed by atoms with E-state index < -0.39 is 10.0 Å². The van der Waals surface area contributed by atoms with Crippen LogP contribution in [-0.2, 0) is 27.8 Å². The van der Waals surface area contributed by atoms with E-state index >= 15 is 0 Å². The maximum atomic E-state index is 13.0. The molecule has 148 valence electrons. The van der Waals surface area contributed by atoms with Crippen molar-refractivity contribution in [3.8, 4) is 17.2 Å². The second-order valence-electron chi connectivity index (χ2n) is 6.06. The van der Waals surface area contributed by atoms with Gasteiger partial charge in [-0.25, -0.2) is 8.42 Å². The quantitative estimate of drug-likeness (QED) is 0.644. The summed E-state index contributed by atoms with van der Waals surface area (Å²) >= 11 is 7.39. The van der Waals surface area contributed by atoms with Gasteiger partial charge in [0.1, 0.15) is 10.8 Å². The number of thiophene rings is 1. The number of aryl methyl sites for hydroxylation is 1. The van der Waals surface area contributed by atoms with Gasteiger partial charge in [0.2, 0.25) is 0 Å². The zero-order valence-corrected chi connectivity index (χ0v) is 17.4. The number of halogens is 1. The van der Waals surface area contributed by atoms with Gasteiger partial charge in [-0.05, 0) is 37.1 Å². The first-order valence-corrected chi connectivity index (χ1v) is 11.0. The Bertz CT molecular complexity index is 1140. The highest BCUT2D eigenvalue weighted by Crippen LogP contribution is 2.43. The van der Waals surface area contributed by atoms with E-state index in [0.717, 1.165) is 10.4 Å². The standard InChI is InChI=1S/C17H16ClN3O5S2/c1-9-19-16(26-20-9)15-11-5-6-25-8-14(11)27-17(15)21-28(22,23)10-3-4-13(24-2)12(18)7-10/h3-4,7,21H,5-6,8H2,1-2H3. The van der Waals surface area contributed by atoms with Gasteiger partial charge in [0.05, 0.1) is 35.8 Å². The lowest BCUT2D eigenvalue weighted by Crippen LogP contribution is -2.13. The molecule has 11 heteroatoms. The molecule has 1 N–H and O–H groups in total. The number of anilines is 1. The van der Waals surface area contributed by atoms with Crippen molar-refractivity contribution in [2.45, 2.75) is 24.8 Å². The fourth-order valence-electron chi connectivity index (χ4n) is 2.92. The molecule has 0 atom stereocenters. The Morgan fingerprint density at radius 1 is 1.36 bits per heavy atom. The van der Waals surface area contributed by atoms with Crippen molar-refractivity contribution in [3.05, 3.63) is 39.5 Å². The van der Waals surface area contributed by atoms with Crippen molar-refractivity contribution in [1.29, 1.82) is 0 Å². The molecular formula is C17H16ClN3O5S2. The van der Waals surface area contributed by atoms with Crippen molar-refractivity contribution >= 4 is 38.0 Å². The average Bonchev–Trinajstić information content (AvgIpc) is 3.23. The zero-order valence-electron chi connectivity index (χ0n) is 15.0. The number of fused-ring (bicyclic) bond motifs is 1. The Balaban J connectivity index is 1.77. The second-order valence-corrected chi connectivity index (χ2v) is 9.25. The van der Waals surface area contributed by atoms with Crippen LogP contribution in [0, 0.1) is 6.92 Å². The molecule has 0 aliphatic carbocycles. The highest BCUT2D eigenvalue weighted by molar-refractivity contribution is 7.93. The van der Waals surface area contributed by atoms with E-state index in [2.05, 4.69) is 14.9 Å². The lowest BCUT2D eigenvalue weighted by Gasteiger charge is -2.12. The molecule has 1 aliphatic rings. The number of methoxy groups -OCH3 is 1. The van der Waals surface area contributed by atoms with Crippen LogP contribution < -0.4 is 9.46 Å². The summed E-state index contributed by atoms with van der Waals surface area (Å²) in [6.45, 7) is 2.67. The number of nitrogens with zero attached hydrogens (tertiary/aromatic N) is 2. The number of hydrogen-bond donors (Lipinski definition) is 1. The lowest BCUT2D eigenvalue weighted by atomic mass is 10.1. The van der Waals surface area contributed by atoms with Gasteiger partial charge in [0.25, 0.3) is 15.9 Å². The van der Waals surface area contributed by atoms with E-state index in [-0.39, 0.29) is 15.8 Å². The number of benzene rings is 1. The highest BCUT2D eigenvalue weighted by atomic mass is 35.5. The van der Waals surface area contributed by atoms with E-state index in [1.165, 1.54) is 36.6 Å². The molecule has 3 heterocycles. The number of sulfonamides is 1. The van der Waals surface area contributed by atoms with Crippen LogP contribution in [-0.4, -0.2) is 32.3 Å². The molecule has 0 fully saturated rings. The van der Waals surface area contributed by atoms with Gasteiger partial charge in [-0.3, -0.25) is 4.72 Å². The first-order chi connectivity index (χ1) is 13.4. The van der Waals surface area contributed by atoms with Crippen LogP contribution in [0.15, 0.2) is 27.6 Å². The van der Waals surface area contributed by atoms with E-state index in [9.17, 15) is 8.42 Å². The third-order valence-corrected chi connectivity index (χ3v) is 7.12. The molecule has 3 aromatic rings. The van der Waals surface area contributed by atoms with Crippen LogP contribution in [0.1, 0.15) is 16.3 Å². The Morgan fingerprint density at radius 3 is 2.86 bits per heavy atom. The summed E-state index contributed by atoms with van der Waals surface area (Å²) in [6, 6.07) is 4.28. The number of hydrogen-bond acceptors (Lipinski definition) is 8. The number of aromatic nitrogens is 2. The van der Waals surface area contributed by atoms with Crippen molar-refractivity contribution in [2.75, 3.05) is 18.4 Å². The summed E-state index contributed by atoms with van der Waals surface area (Å²) < 4.78 is 44.4. The Kier molecular flexibility index (Phi) is 5.04. The van der Waals surface area contributed by atoms with Crippen LogP contribution in [0.2, 0.25) is 5.02 Å². The predicted molar refractivity (Wildman–Crippen MR) is 105 cm³/mol. The largest absolute Gasteiger partial charge is 0.495 e. The van der Waals surface area contributed by atoms with E-state index in [1.54, 1.807) is 6.92 Å². The summed E-state index contributed by atoms with van der Waals surface area (Å²) in [7, 11) is -2.43. The first kappa shape index (κ1) is 19.2. The van der Waals surface area contributed by atoms with Gasteiger partial charge in [-0.1, -0.05) is 16.8 Å². The lowest BCUT2D eigenvalue weighted by molar-refractivity contribution is 0.113. The molecule has 0 spiro atoms. The Morgan fingerprint density at radius 2 is 2.18 bits per heavy atom. The summed E-state index contributed by atoms with van der Waals surface area (Å²) in [5, 5.41) is 4.44. The van der Waals surface area contributed by atoms with Crippen molar-refractivity contribution in [3.63, 3.8) is 0 Å². The summed E-state index contributed by atoms with van der Waals surface area (Å²) in [5.41, 5.74) is 1.57. The molecule has 4 rings (SSSR count). The second kappa shape index (κ2) is 7.36. The third-order valence-electron chi connectivity index (χ3n) is 4.22. The van der Waals surface area contributed by atoms with Gasteiger partial charge in [0, 0.05) is 4.88 Å². The fourth-order valence-corrected chi connectivity index (χ4v) is 5.76. The van der Waals surface area contributed by atoms with Crippen LogP contribution in [0.3, 0.4) is 0 Å². The normalized spacial score (nSPS) is 14.0. The Labute approximate surface area is 170 Å². The molecule has 0 saturated heterocycles. The summed E-state index contributed by atoms with van der Waals surface area (Å²) in [5.74, 6) is 1.14. The summed E-state index contributed by atoms with van der Waals surface area (Å²) in [4.78, 5) is 5.23. The van der Waals surface area contributed by atoms with Gasteiger partial charge in [-0.15, -0.1) is 11.3 Å². The molecule has 0 radical (unpaired) electrons. The monoisotopic (exact) mass is 441 g/mol. The van der Waals surface area contributed by atoms with Crippen LogP contribution in [0.25, 0.3) is 11.5 Å². The molecule has 1 aliphatic heterocycles. The maximum Gasteiger partial charge on any atom is 0.262 e. The van der Waals surface area contributed by atoms with Crippen molar-refractivity contribution in [1.82, 2.24) is 10.1 Å².